The first kappa shape index (κ1) is 23.9. The molecule has 28 heavy (non-hydrogen) atoms. The highest BCUT2D eigenvalue weighted by atomic mass is 35.5. The normalized spacial score (nSPS) is 17.9. The fourth-order valence-electron chi connectivity index (χ4n) is 3.01. The summed E-state index contributed by atoms with van der Waals surface area (Å²) in [6.45, 7) is 4.31. The minimum absolute atomic E-state index is 0. The van der Waals surface area contributed by atoms with E-state index in [0.29, 0.717) is 36.5 Å². The Hall–Kier alpha value is -2.09. The number of hydrogen-bond donors (Lipinski definition) is 1. The number of nitrogens with one attached hydrogen (secondary N) is 1. The van der Waals surface area contributed by atoms with Crippen molar-refractivity contribution in [3.05, 3.63) is 36.5 Å². The third-order valence-electron chi connectivity index (χ3n) is 4.35. The number of para-hydroxylation sites is 1. The highest BCUT2D eigenvalue weighted by molar-refractivity contribution is 5.85. The Morgan fingerprint density at radius 1 is 1.32 bits per heavy atom. The van der Waals surface area contributed by atoms with Crippen LogP contribution in [0.1, 0.15) is 18.5 Å². The molecule has 1 saturated heterocycles. The van der Waals surface area contributed by atoms with E-state index in [1.54, 1.807) is 7.11 Å². The molecule has 3 rings (SSSR count). The fourth-order valence-corrected chi connectivity index (χ4v) is 3.01. The molecule has 0 unspecified atom stereocenters. The number of benzene rings is 1. The Kier molecular flexibility index (Phi) is 9.45. The summed E-state index contributed by atoms with van der Waals surface area (Å²) >= 11 is 0. The van der Waals surface area contributed by atoms with Crippen LogP contribution in [0.5, 0.6) is 11.6 Å². The molecule has 1 aliphatic rings. The van der Waals surface area contributed by atoms with Gasteiger partial charge < -0.3 is 19.5 Å². The van der Waals surface area contributed by atoms with Gasteiger partial charge in [-0.2, -0.15) is 0 Å². The molecule has 2 atom stereocenters. The van der Waals surface area contributed by atoms with Crippen LogP contribution in [-0.4, -0.2) is 48.8 Å². The molecule has 2 aromatic rings. The van der Waals surface area contributed by atoms with Crippen LogP contribution in [0.4, 0.5) is 0 Å². The number of carbonyl (C=O) groups is 1. The van der Waals surface area contributed by atoms with Crippen LogP contribution < -0.4 is 14.8 Å². The van der Waals surface area contributed by atoms with Gasteiger partial charge in [0.15, 0.2) is 0 Å². The molecule has 0 radical (unpaired) electrons. The van der Waals surface area contributed by atoms with E-state index in [1.165, 1.54) is 7.11 Å². The van der Waals surface area contributed by atoms with Gasteiger partial charge in [0.1, 0.15) is 29.1 Å². The first-order valence-electron chi connectivity index (χ1n) is 8.58. The summed E-state index contributed by atoms with van der Waals surface area (Å²) in [5.74, 6) is 0.836. The van der Waals surface area contributed by atoms with E-state index in [0.717, 1.165) is 17.6 Å². The molecule has 0 amide bonds. The number of aryl methyl sites for hydroxylation is 1. The molecule has 154 valence electrons. The van der Waals surface area contributed by atoms with E-state index in [1.807, 2.05) is 24.3 Å². The summed E-state index contributed by atoms with van der Waals surface area (Å²) in [6.07, 6.45) is 3.64. The van der Waals surface area contributed by atoms with Gasteiger partial charge in [-0.05, 0) is 25.0 Å². The Morgan fingerprint density at radius 3 is 2.79 bits per heavy atom. The lowest BCUT2D eigenvalue weighted by Crippen LogP contribution is -2.31. The molecule has 1 aromatic heterocycles. The first-order chi connectivity index (χ1) is 12.7. The minimum atomic E-state index is -0.357. The zero-order chi connectivity index (χ0) is 18.5. The lowest BCUT2D eigenvalue weighted by Gasteiger charge is -2.16. The number of rotatable bonds is 7. The standard InChI is InChI=1S/C19H23N3O4.2ClH/c1-4-5-7-14-18(26-12-10-15(20-11-12)19(23)25-3)22-17-13(21-14)8-6-9-16(17)24-2;;/h4,6,8-9,12,15,20H,1,5,7,10-11H2,2-3H3;2*1H/t12-,15+;;/m1../s1. The molecule has 0 spiro atoms. The van der Waals surface area contributed by atoms with Crippen molar-refractivity contribution in [2.24, 2.45) is 0 Å². The van der Waals surface area contributed by atoms with Crippen LogP contribution in [0.25, 0.3) is 11.0 Å². The molecule has 0 saturated carbocycles. The van der Waals surface area contributed by atoms with Crippen LogP contribution in [0.15, 0.2) is 30.9 Å². The van der Waals surface area contributed by atoms with Crippen molar-refractivity contribution in [3.63, 3.8) is 0 Å². The van der Waals surface area contributed by atoms with Gasteiger partial charge in [-0.25, -0.2) is 9.97 Å². The summed E-state index contributed by atoms with van der Waals surface area (Å²) in [5.41, 5.74) is 2.18. The zero-order valence-electron chi connectivity index (χ0n) is 15.8. The zero-order valence-corrected chi connectivity index (χ0v) is 17.5. The third-order valence-corrected chi connectivity index (χ3v) is 4.35. The molecule has 9 heteroatoms. The van der Waals surface area contributed by atoms with Gasteiger partial charge >= 0.3 is 5.97 Å². The van der Waals surface area contributed by atoms with Crippen molar-refractivity contribution in [2.75, 3.05) is 20.8 Å². The number of hydrogen-bond acceptors (Lipinski definition) is 7. The van der Waals surface area contributed by atoms with E-state index >= 15 is 0 Å². The van der Waals surface area contributed by atoms with Gasteiger partial charge in [-0.3, -0.25) is 4.79 Å². The number of carbonyl (C=O) groups excluding carboxylic acids is 1. The van der Waals surface area contributed by atoms with Crippen molar-refractivity contribution in [2.45, 2.75) is 31.4 Å². The Morgan fingerprint density at radius 2 is 2.11 bits per heavy atom. The quantitative estimate of drug-likeness (QED) is 0.534. The van der Waals surface area contributed by atoms with Crippen molar-refractivity contribution in [1.82, 2.24) is 15.3 Å². The highest BCUT2D eigenvalue weighted by Crippen LogP contribution is 2.28. The van der Waals surface area contributed by atoms with Crippen molar-refractivity contribution in [3.8, 4) is 11.6 Å². The Bertz CT molecular complexity index is 819. The van der Waals surface area contributed by atoms with Crippen LogP contribution in [-0.2, 0) is 16.0 Å². The van der Waals surface area contributed by atoms with Crippen LogP contribution >= 0.6 is 24.8 Å². The number of esters is 1. The number of methoxy groups -OCH3 is 2. The molecular weight excluding hydrogens is 405 g/mol. The Balaban J connectivity index is 0.00000196. The number of fused-ring (bicyclic) bond motifs is 1. The lowest BCUT2D eigenvalue weighted by molar-refractivity contribution is -0.142. The van der Waals surface area contributed by atoms with Gasteiger partial charge in [0.25, 0.3) is 0 Å². The van der Waals surface area contributed by atoms with Crippen molar-refractivity contribution >= 4 is 41.8 Å². The van der Waals surface area contributed by atoms with Crippen molar-refractivity contribution < 1.29 is 19.0 Å². The average molecular weight is 430 g/mol. The highest BCUT2D eigenvalue weighted by Gasteiger charge is 2.32. The number of aromatic nitrogens is 2. The number of ether oxygens (including phenoxy) is 3. The number of halogens is 2. The predicted molar refractivity (Wildman–Crippen MR) is 112 cm³/mol. The van der Waals surface area contributed by atoms with Crippen LogP contribution in [0, 0.1) is 0 Å². The minimum Gasteiger partial charge on any atom is -0.494 e. The molecule has 2 heterocycles. The maximum atomic E-state index is 11.7. The van der Waals surface area contributed by atoms with E-state index in [-0.39, 0.29) is 42.9 Å². The lowest BCUT2D eigenvalue weighted by atomic mass is 10.2. The largest absolute Gasteiger partial charge is 0.494 e. The maximum absolute atomic E-state index is 11.7. The van der Waals surface area contributed by atoms with Gasteiger partial charge in [0.2, 0.25) is 5.88 Å². The summed E-state index contributed by atoms with van der Waals surface area (Å²) in [5, 5.41) is 3.11. The van der Waals surface area contributed by atoms with E-state index in [9.17, 15) is 4.79 Å². The Labute approximate surface area is 176 Å². The van der Waals surface area contributed by atoms with Gasteiger partial charge in [0, 0.05) is 13.0 Å². The molecule has 1 fully saturated rings. The van der Waals surface area contributed by atoms with Crippen molar-refractivity contribution in [1.29, 1.82) is 0 Å². The molecule has 0 bridgehead atoms. The summed E-state index contributed by atoms with van der Waals surface area (Å²) in [6, 6.07) is 5.27. The summed E-state index contributed by atoms with van der Waals surface area (Å²) < 4.78 is 16.3. The second-order valence-corrected chi connectivity index (χ2v) is 6.09. The van der Waals surface area contributed by atoms with Crippen LogP contribution in [0.2, 0.25) is 0 Å². The van der Waals surface area contributed by atoms with Crippen LogP contribution in [0.3, 0.4) is 0 Å². The topological polar surface area (TPSA) is 82.6 Å². The SMILES string of the molecule is C=CCCc1nc2cccc(OC)c2nc1O[C@H]1CN[C@H](C(=O)OC)C1.Cl.Cl. The van der Waals surface area contributed by atoms with Gasteiger partial charge in [-0.15, -0.1) is 31.4 Å². The van der Waals surface area contributed by atoms with E-state index in [4.69, 9.17) is 19.2 Å². The molecular formula is C19H25Cl2N3O4. The molecule has 0 aliphatic carbocycles. The monoisotopic (exact) mass is 429 g/mol. The smallest absolute Gasteiger partial charge is 0.323 e. The van der Waals surface area contributed by atoms with E-state index < -0.39 is 0 Å². The summed E-state index contributed by atoms with van der Waals surface area (Å²) in [4.78, 5) is 21.1. The molecule has 7 nitrogen and oxygen atoms in total. The van der Waals surface area contributed by atoms with Gasteiger partial charge in [0.05, 0.1) is 19.7 Å². The molecule has 1 N–H and O–H groups in total. The predicted octanol–water partition coefficient (Wildman–Crippen LogP) is 2.88. The summed E-state index contributed by atoms with van der Waals surface area (Å²) in [7, 11) is 2.98. The van der Waals surface area contributed by atoms with E-state index in [2.05, 4.69) is 16.9 Å². The second-order valence-electron chi connectivity index (χ2n) is 6.09. The number of nitrogens with zero attached hydrogens (tertiary/aromatic N) is 2. The first-order valence-corrected chi connectivity index (χ1v) is 8.58. The molecule has 1 aromatic carbocycles. The third kappa shape index (κ3) is 5.25. The second kappa shape index (κ2) is 11.0. The maximum Gasteiger partial charge on any atom is 0.323 e. The molecule has 1 aliphatic heterocycles. The van der Waals surface area contributed by atoms with Gasteiger partial charge in [-0.1, -0.05) is 12.1 Å². The fraction of sp³-hybridized carbons (Fsp3) is 0.421. The number of allylic oxidation sites excluding steroid dienone is 1. The average Bonchev–Trinajstić information content (AvgIpc) is 3.13.